The van der Waals surface area contributed by atoms with Gasteiger partial charge in [0.15, 0.2) is 0 Å². The smallest absolute Gasteiger partial charge is 0.405 e. The van der Waals surface area contributed by atoms with Crippen LogP contribution >= 0.6 is 0 Å². The maximum atomic E-state index is 12.2. The number of oxazole rings is 1. The summed E-state index contributed by atoms with van der Waals surface area (Å²) in [5.41, 5.74) is -0.167. The van der Waals surface area contributed by atoms with Gasteiger partial charge >= 0.3 is 6.18 Å². The number of nitrogens with zero attached hydrogens (tertiary/aromatic N) is 2. The molecule has 0 aliphatic carbocycles. The van der Waals surface area contributed by atoms with Crippen LogP contribution in [-0.2, 0) is 16.8 Å². The minimum atomic E-state index is -4.40. The fourth-order valence-corrected chi connectivity index (χ4v) is 2.52. The van der Waals surface area contributed by atoms with Crippen molar-refractivity contribution in [1.29, 1.82) is 0 Å². The van der Waals surface area contributed by atoms with Crippen molar-refractivity contribution in [2.45, 2.75) is 57.8 Å². The van der Waals surface area contributed by atoms with Crippen LogP contribution in [0.25, 0.3) is 0 Å². The van der Waals surface area contributed by atoms with Gasteiger partial charge in [0.1, 0.15) is 12.3 Å². The Morgan fingerprint density at radius 1 is 1.43 bits per heavy atom. The zero-order valence-electron chi connectivity index (χ0n) is 13.5. The highest BCUT2D eigenvalue weighted by Crippen LogP contribution is 2.25. The van der Waals surface area contributed by atoms with Crippen LogP contribution in [-0.4, -0.2) is 41.1 Å². The topological polar surface area (TPSA) is 58.4 Å². The van der Waals surface area contributed by atoms with Crippen molar-refractivity contribution in [2.24, 2.45) is 0 Å². The van der Waals surface area contributed by atoms with Crippen LogP contribution < -0.4 is 5.32 Å². The van der Waals surface area contributed by atoms with Gasteiger partial charge in [0.05, 0.1) is 18.8 Å². The first kappa shape index (κ1) is 17.8. The Labute approximate surface area is 133 Å². The maximum Gasteiger partial charge on any atom is 0.405 e. The molecule has 0 radical (unpaired) electrons. The fourth-order valence-electron chi connectivity index (χ4n) is 2.52. The number of carbonyl (C=O) groups is 1. The molecule has 0 saturated carbocycles. The van der Waals surface area contributed by atoms with Crippen LogP contribution in [0.2, 0.25) is 0 Å². The maximum absolute atomic E-state index is 12.2. The van der Waals surface area contributed by atoms with E-state index in [1.807, 2.05) is 31.0 Å². The van der Waals surface area contributed by atoms with Gasteiger partial charge in [-0.2, -0.15) is 13.2 Å². The third-order valence-corrected chi connectivity index (χ3v) is 3.76. The molecule has 1 aromatic rings. The van der Waals surface area contributed by atoms with Crippen molar-refractivity contribution in [3.05, 3.63) is 17.8 Å². The molecular formula is C15H22F3N3O2. The van der Waals surface area contributed by atoms with Gasteiger partial charge in [-0.1, -0.05) is 20.8 Å². The number of nitrogens with one attached hydrogen (secondary N) is 1. The third-order valence-electron chi connectivity index (χ3n) is 3.76. The fraction of sp³-hybridized carbons (Fsp3) is 0.733. The largest absolute Gasteiger partial charge is 0.444 e. The molecule has 1 aliphatic heterocycles. The number of amides is 1. The minimum Gasteiger partial charge on any atom is -0.444 e. The predicted molar refractivity (Wildman–Crippen MR) is 77.7 cm³/mol. The van der Waals surface area contributed by atoms with Gasteiger partial charge in [-0.15, -0.1) is 0 Å². The summed E-state index contributed by atoms with van der Waals surface area (Å²) in [6.45, 7) is 5.66. The Morgan fingerprint density at radius 2 is 2.13 bits per heavy atom. The van der Waals surface area contributed by atoms with E-state index < -0.39 is 24.7 Å². The lowest BCUT2D eigenvalue weighted by Gasteiger charge is -2.22. The average Bonchev–Trinajstić information content (AvgIpc) is 3.04. The van der Waals surface area contributed by atoms with Crippen LogP contribution in [0, 0.1) is 0 Å². The lowest BCUT2D eigenvalue weighted by molar-refractivity contribution is -0.141. The number of alkyl halides is 3. The molecule has 0 bridgehead atoms. The van der Waals surface area contributed by atoms with Crippen LogP contribution in [0.5, 0.6) is 0 Å². The van der Waals surface area contributed by atoms with Crippen LogP contribution in [0.15, 0.2) is 10.6 Å². The molecule has 1 aliphatic rings. The molecule has 130 valence electrons. The molecule has 8 heteroatoms. The van der Waals surface area contributed by atoms with E-state index in [-0.39, 0.29) is 5.41 Å². The Bertz CT molecular complexity index is 549. The first-order valence-electron chi connectivity index (χ1n) is 7.60. The van der Waals surface area contributed by atoms with Crippen molar-refractivity contribution in [3.8, 4) is 0 Å². The van der Waals surface area contributed by atoms with Crippen LogP contribution in [0.1, 0.15) is 45.3 Å². The molecule has 1 unspecified atom stereocenters. The lowest BCUT2D eigenvalue weighted by Crippen LogP contribution is -2.45. The summed E-state index contributed by atoms with van der Waals surface area (Å²) in [7, 11) is 0. The Morgan fingerprint density at radius 3 is 2.70 bits per heavy atom. The molecule has 1 atom stereocenters. The Hall–Kier alpha value is -1.57. The van der Waals surface area contributed by atoms with E-state index in [2.05, 4.69) is 4.98 Å². The molecule has 1 aromatic heterocycles. The number of hydrogen-bond acceptors (Lipinski definition) is 4. The van der Waals surface area contributed by atoms with Crippen molar-refractivity contribution in [3.63, 3.8) is 0 Å². The molecule has 0 aromatic carbocycles. The van der Waals surface area contributed by atoms with Crippen molar-refractivity contribution < 1.29 is 22.4 Å². The lowest BCUT2D eigenvalue weighted by atomic mass is 9.94. The highest BCUT2D eigenvalue weighted by Gasteiger charge is 2.34. The number of likely N-dealkylation sites (tertiary alicyclic amines) is 1. The summed E-state index contributed by atoms with van der Waals surface area (Å²) in [5.74, 6) is 0.623. The van der Waals surface area contributed by atoms with E-state index in [0.717, 1.165) is 12.2 Å². The van der Waals surface area contributed by atoms with Gasteiger partial charge in [0, 0.05) is 5.41 Å². The molecule has 1 saturated heterocycles. The molecule has 0 spiro atoms. The second kappa shape index (κ2) is 6.51. The van der Waals surface area contributed by atoms with Gasteiger partial charge in [0.25, 0.3) is 0 Å². The zero-order chi connectivity index (χ0) is 17.3. The van der Waals surface area contributed by atoms with E-state index in [0.29, 0.717) is 25.4 Å². The molecule has 1 amide bonds. The number of carbonyl (C=O) groups excluding carboxylic acids is 1. The predicted octanol–water partition coefficient (Wildman–Crippen LogP) is 2.62. The summed E-state index contributed by atoms with van der Waals surface area (Å²) in [5, 5.41) is 1.95. The summed E-state index contributed by atoms with van der Waals surface area (Å²) in [6, 6.07) is -0.567. The average molecular weight is 333 g/mol. The van der Waals surface area contributed by atoms with E-state index >= 15 is 0 Å². The van der Waals surface area contributed by atoms with E-state index in [9.17, 15) is 18.0 Å². The molecule has 1 N–H and O–H groups in total. The van der Waals surface area contributed by atoms with Gasteiger partial charge < -0.3 is 9.73 Å². The molecule has 23 heavy (non-hydrogen) atoms. The van der Waals surface area contributed by atoms with Crippen molar-refractivity contribution >= 4 is 5.91 Å². The zero-order valence-corrected chi connectivity index (χ0v) is 13.5. The van der Waals surface area contributed by atoms with Gasteiger partial charge in [-0.3, -0.25) is 9.69 Å². The highest BCUT2D eigenvalue weighted by molar-refractivity contribution is 5.82. The molecule has 2 heterocycles. The Kier molecular flexibility index (Phi) is 5.03. The van der Waals surface area contributed by atoms with Gasteiger partial charge in [-0.05, 0) is 19.4 Å². The number of halogens is 3. The van der Waals surface area contributed by atoms with Crippen molar-refractivity contribution in [2.75, 3.05) is 13.1 Å². The van der Waals surface area contributed by atoms with Crippen LogP contribution in [0.3, 0.4) is 0 Å². The second-order valence-electron chi connectivity index (χ2n) is 6.83. The van der Waals surface area contributed by atoms with E-state index in [1.54, 1.807) is 6.20 Å². The standard InChI is InChI=1S/C15H22F3N3O2/c1-14(2,3)11-7-19-12(23-11)8-21-6-4-5-10(21)13(22)20-9-15(16,17)18/h7,10H,4-6,8-9H2,1-3H3,(H,20,22). The molecule has 1 fully saturated rings. The Balaban J connectivity index is 1.96. The summed E-state index contributed by atoms with van der Waals surface area (Å²) in [6.07, 6.45) is -1.44. The number of rotatable bonds is 4. The summed E-state index contributed by atoms with van der Waals surface area (Å²) in [4.78, 5) is 18.0. The molecular weight excluding hydrogens is 311 g/mol. The molecule has 2 rings (SSSR count). The SMILES string of the molecule is CC(C)(C)c1cnc(CN2CCCC2C(=O)NCC(F)(F)F)o1. The second-order valence-corrected chi connectivity index (χ2v) is 6.83. The van der Waals surface area contributed by atoms with E-state index in [1.165, 1.54) is 0 Å². The summed E-state index contributed by atoms with van der Waals surface area (Å²) < 4.78 is 42.3. The monoisotopic (exact) mass is 333 g/mol. The number of hydrogen-bond donors (Lipinski definition) is 1. The van der Waals surface area contributed by atoms with Gasteiger partial charge in [0.2, 0.25) is 11.8 Å². The van der Waals surface area contributed by atoms with E-state index in [4.69, 9.17) is 4.42 Å². The third kappa shape index (κ3) is 4.95. The molecule has 5 nitrogen and oxygen atoms in total. The first-order valence-corrected chi connectivity index (χ1v) is 7.60. The summed E-state index contributed by atoms with van der Waals surface area (Å²) >= 11 is 0. The highest BCUT2D eigenvalue weighted by atomic mass is 19.4. The van der Waals surface area contributed by atoms with Crippen LogP contribution in [0.4, 0.5) is 13.2 Å². The van der Waals surface area contributed by atoms with Crippen molar-refractivity contribution in [1.82, 2.24) is 15.2 Å². The normalized spacial score (nSPS) is 20.0. The minimum absolute atomic E-state index is 0.167. The van der Waals surface area contributed by atoms with Gasteiger partial charge in [-0.25, -0.2) is 4.98 Å². The quantitative estimate of drug-likeness (QED) is 0.920. The first-order chi connectivity index (χ1) is 10.6. The number of aromatic nitrogens is 1.